The van der Waals surface area contributed by atoms with Crippen LogP contribution in [-0.4, -0.2) is 28.7 Å². The first-order valence-corrected chi connectivity index (χ1v) is 11.9. The van der Waals surface area contributed by atoms with E-state index < -0.39 is 0 Å². The van der Waals surface area contributed by atoms with Gasteiger partial charge in [0.05, 0.1) is 23.6 Å². The Bertz CT molecular complexity index is 1300. The Balaban J connectivity index is 1.44. The Morgan fingerprint density at radius 1 is 1.09 bits per heavy atom. The molecule has 35 heavy (non-hydrogen) atoms. The number of hydrogen-bond acceptors (Lipinski definition) is 4. The second-order valence-corrected chi connectivity index (χ2v) is 8.53. The summed E-state index contributed by atoms with van der Waals surface area (Å²) in [5.74, 6) is 1.95. The lowest BCUT2D eigenvalue weighted by Crippen LogP contribution is -2.33. The van der Waals surface area contributed by atoms with Crippen LogP contribution in [0.15, 0.2) is 85.5 Å². The summed E-state index contributed by atoms with van der Waals surface area (Å²) in [6.45, 7) is 6.68. The minimum absolute atomic E-state index is 0.102. The molecule has 0 saturated heterocycles. The van der Waals surface area contributed by atoms with Gasteiger partial charge in [-0.05, 0) is 61.4 Å². The molecule has 4 aromatic rings. The number of ether oxygens (including phenoxy) is 2. The number of carbonyl (C=O) groups excluding carboxylic acids is 1. The number of nitrogens with one attached hydrogen (secondary N) is 1. The molecule has 6 nitrogen and oxygen atoms in total. The first-order chi connectivity index (χ1) is 17.0. The van der Waals surface area contributed by atoms with E-state index in [1.54, 1.807) is 24.3 Å². The summed E-state index contributed by atoms with van der Waals surface area (Å²) in [5, 5.41) is 3.60. The van der Waals surface area contributed by atoms with Crippen LogP contribution in [0.25, 0.3) is 11.0 Å². The molecule has 0 aliphatic carbocycles. The van der Waals surface area contributed by atoms with Crippen LogP contribution in [0, 0.1) is 0 Å². The molecule has 0 aliphatic heterocycles. The van der Waals surface area contributed by atoms with Gasteiger partial charge in [0.1, 0.15) is 23.9 Å². The molecule has 180 valence electrons. The van der Waals surface area contributed by atoms with Crippen molar-refractivity contribution in [3.8, 4) is 11.5 Å². The lowest BCUT2D eigenvalue weighted by molar-refractivity contribution is -0.123. The molecule has 0 fully saturated rings. The summed E-state index contributed by atoms with van der Waals surface area (Å²) in [6.07, 6.45) is 2.61. The fourth-order valence-electron chi connectivity index (χ4n) is 3.90. The summed E-state index contributed by atoms with van der Waals surface area (Å²) in [4.78, 5) is 17.3. The van der Waals surface area contributed by atoms with Crippen molar-refractivity contribution in [2.24, 2.45) is 0 Å². The van der Waals surface area contributed by atoms with E-state index in [0.29, 0.717) is 23.9 Å². The van der Waals surface area contributed by atoms with Crippen LogP contribution in [0.2, 0.25) is 5.02 Å². The second kappa shape index (κ2) is 11.6. The molecule has 1 unspecified atom stereocenters. The van der Waals surface area contributed by atoms with Crippen molar-refractivity contribution in [2.45, 2.75) is 25.9 Å². The van der Waals surface area contributed by atoms with Gasteiger partial charge in [-0.2, -0.15) is 0 Å². The van der Waals surface area contributed by atoms with E-state index in [0.717, 1.165) is 34.6 Å². The number of fused-ring (bicyclic) bond motifs is 1. The highest BCUT2D eigenvalue weighted by Gasteiger charge is 2.19. The van der Waals surface area contributed by atoms with Crippen LogP contribution in [0.5, 0.6) is 11.5 Å². The van der Waals surface area contributed by atoms with Crippen LogP contribution in [0.3, 0.4) is 0 Å². The van der Waals surface area contributed by atoms with Crippen LogP contribution in [0.4, 0.5) is 0 Å². The molecule has 0 spiro atoms. The van der Waals surface area contributed by atoms with Gasteiger partial charge in [-0.1, -0.05) is 48.0 Å². The largest absolute Gasteiger partial charge is 0.491 e. The maximum atomic E-state index is 12.6. The zero-order valence-corrected chi connectivity index (χ0v) is 20.4. The molecular formula is C28H28ClN3O3. The average molecular weight is 490 g/mol. The lowest BCUT2D eigenvalue weighted by Gasteiger charge is -2.17. The first-order valence-electron chi connectivity index (χ1n) is 11.5. The zero-order chi connectivity index (χ0) is 24.6. The molecule has 3 aromatic carbocycles. The Morgan fingerprint density at radius 2 is 1.83 bits per heavy atom. The predicted molar refractivity (Wildman–Crippen MR) is 139 cm³/mol. The number of hydrogen-bond donors (Lipinski definition) is 1. The molecule has 1 N–H and O–H groups in total. The Hall–Kier alpha value is -3.77. The smallest absolute Gasteiger partial charge is 0.258 e. The van der Waals surface area contributed by atoms with Gasteiger partial charge in [0.2, 0.25) is 0 Å². The molecule has 1 aromatic heterocycles. The van der Waals surface area contributed by atoms with Gasteiger partial charge in [0.15, 0.2) is 6.61 Å². The van der Waals surface area contributed by atoms with Crippen LogP contribution in [0.1, 0.15) is 24.4 Å². The minimum atomic E-state index is -0.322. The summed E-state index contributed by atoms with van der Waals surface area (Å²) in [7, 11) is 0. The molecule has 1 amide bonds. The van der Waals surface area contributed by atoms with Gasteiger partial charge in [-0.25, -0.2) is 4.98 Å². The molecule has 0 aliphatic rings. The highest BCUT2D eigenvalue weighted by atomic mass is 35.5. The number of carbonyl (C=O) groups is 1. The monoisotopic (exact) mass is 489 g/mol. The Kier molecular flexibility index (Phi) is 8.06. The van der Waals surface area contributed by atoms with Crippen molar-refractivity contribution < 1.29 is 14.3 Å². The topological polar surface area (TPSA) is 65.4 Å². The molecule has 7 heteroatoms. The van der Waals surface area contributed by atoms with E-state index in [4.69, 9.17) is 26.1 Å². The number of allylic oxidation sites excluding steroid dienone is 1. The van der Waals surface area contributed by atoms with Crippen molar-refractivity contribution in [3.63, 3.8) is 0 Å². The van der Waals surface area contributed by atoms with Crippen molar-refractivity contribution in [1.29, 1.82) is 0 Å². The van der Waals surface area contributed by atoms with Crippen molar-refractivity contribution in [2.75, 3.05) is 13.2 Å². The number of amides is 1. The van der Waals surface area contributed by atoms with E-state index in [9.17, 15) is 4.79 Å². The van der Waals surface area contributed by atoms with Gasteiger partial charge >= 0.3 is 0 Å². The van der Waals surface area contributed by atoms with Crippen molar-refractivity contribution >= 4 is 28.5 Å². The molecule has 4 rings (SSSR count). The Labute approximate surface area is 210 Å². The van der Waals surface area contributed by atoms with Crippen LogP contribution in [-0.2, 0) is 17.8 Å². The zero-order valence-electron chi connectivity index (χ0n) is 19.6. The van der Waals surface area contributed by atoms with E-state index >= 15 is 0 Å². The summed E-state index contributed by atoms with van der Waals surface area (Å²) >= 11 is 5.90. The first kappa shape index (κ1) is 24.4. The highest BCUT2D eigenvalue weighted by Crippen LogP contribution is 2.23. The van der Waals surface area contributed by atoms with Crippen molar-refractivity contribution in [3.05, 3.63) is 102 Å². The van der Waals surface area contributed by atoms with Gasteiger partial charge in [-0.15, -0.1) is 6.58 Å². The van der Waals surface area contributed by atoms with E-state index in [-0.39, 0.29) is 18.6 Å². The SMILES string of the molecule is C=CCc1ccccc1OCCn1c(C(C)NC(=O)COc2ccc(Cl)cc2)nc2ccccc21. The van der Waals surface area contributed by atoms with Crippen LogP contribution < -0.4 is 14.8 Å². The predicted octanol–water partition coefficient (Wildman–Crippen LogP) is 5.75. The quantitative estimate of drug-likeness (QED) is 0.272. The number of rotatable bonds is 11. The second-order valence-electron chi connectivity index (χ2n) is 8.09. The Morgan fingerprint density at radius 3 is 2.63 bits per heavy atom. The van der Waals surface area contributed by atoms with Gasteiger partial charge in [-0.3, -0.25) is 4.79 Å². The minimum Gasteiger partial charge on any atom is -0.491 e. The van der Waals surface area contributed by atoms with Crippen molar-refractivity contribution in [1.82, 2.24) is 14.9 Å². The summed E-state index contributed by atoms with van der Waals surface area (Å²) < 4.78 is 13.8. The fraction of sp³-hybridized carbons (Fsp3) is 0.214. The number of aromatic nitrogens is 2. The molecule has 0 radical (unpaired) electrons. The number of benzene rings is 3. The fourth-order valence-corrected chi connectivity index (χ4v) is 4.03. The normalized spacial score (nSPS) is 11.7. The highest BCUT2D eigenvalue weighted by molar-refractivity contribution is 6.30. The molecule has 1 heterocycles. The van der Waals surface area contributed by atoms with Gasteiger partial charge in [0.25, 0.3) is 5.91 Å². The number of nitrogens with zero attached hydrogens (tertiary/aromatic N) is 2. The third-order valence-electron chi connectivity index (χ3n) is 5.54. The van der Waals surface area contributed by atoms with E-state index in [1.165, 1.54) is 0 Å². The molecular weight excluding hydrogens is 462 g/mol. The van der Waals surface area contributed by atoms with Crippen LogP contribution >= 0.6 is 11.6 Å². The number of para-hydroxylation sites is 3. The number of imidazole rings is 1. The third kappa shape index (κ3) is 6.22. The maximum Gasteiger partial charge on any atom is 0.258 e. The molecule has 0 saturated carbocycles. The average Bonchev–Trinajstić information content (AvgIpc) is 3.24. The summed E-state index contributed by atoms with van der Waals surface area (Å²) in [6, 6.07) is 22.5. The number of halogens is 1. The standard InChI is InChI=1S/C28H28ClN3O3/c1-3-8-21-9-4-7-12-26(21)34-18-17-32-25-11-6-5-10-24(25)31-28(32)20(2)30-27(33)19-35-23-15-13-22(29)14-16-23/h3-7,9-16,20H,1,8,17-19H2,2H3,(H,30,33). The lowest BCUT2D eigenvalue weighted by atomic mass is 10.1. The van der Waals surface area contributed by atoms with E-state index in [1.807, 2.05) is 61.5 Å². The van der Waals surface area contributed by atoms with E-state index in [2.05, 4.69) is 16.5 Å². The molecule has 0 bridgehead atoms. The molecule has 1 atom stereocenters. The third-order valence-corrected chi connectivity index (χ3v) is 5.79. The maximum absolute atomic E-state index is 12.6. The summed E-state index contributed by atoms with van der Waals surface area (Å²) in [5.41, 5.74) is 2.96. The van der Waals surface area contributed by atoms with Gasteiger partial charge in [0, 0.05) is 5.02 Å². The van der Waals surface area contributed by atoms with Gasteiger partial charge < -0.3 is 19.4 Å².